The first-order valence-electron chi connectivity index (χ1n) is 6.65. The lowest BCUT2D eigenvalue weighted by Gasteiger charge is -2.20. The lowest BCUT2D eigenvalue weighted by Crippen LogP contribution is -2.25. The van der Waals surface area contributed by atoms with Gasteiger partial charge in [0.2, 0.25) is 5.91 Å². The maximum absolute atomic E-state index is 13.0. The van der Waals surface area contributed by atoms with Crippen LogP contribution in [0.3, 0.4) is 0 Å². The van der Waals surface area contributed by atoms with E-state index in [9.17, 15) is 9.18 Å². The van der Waals surface area contributed by atoms with Crippen molar-refractivity contribution >= 4 is 27.5 Å². The average Bonchev–Trinajstić information content (AvgIpc) is 2.43. The van der Waals surface area contributed by atoms with Gasteiger partial charge in [-0.05, 0) is 51.7 Å². The molecule has 1 amide bonds. The second-order valence-electron chi connectivity index (χ2n) is 5.13. The third kappa shape index (κ3) is 4.11. The van der Waals surface area contributed by atoms with Crippen molar-refractivity contribution in [1.29, 1.82) is 0 Å². The van der Waals surface area contributed by atoms with Crippen LogP contribution in [0.1, 0.15) is 25.3 Å². The van der Waals surface area contributed by atoms with Crippen molar-refractivity contribution in [3.05, 3.63) is 58.6 Å². The number of aromatic nitrogens is 1. The number of anilines is 1. The fourth-order valence-corrected chi connectivity index (χ4v) is 2.41. The molecule has 0 saturated carbocycles. The van der Waals surface area contributed by atoms with Crippen molar-refractivity contribution in [3.63, 3.8) is 0 Å². The molecule has 0 spiro atoms. The van der Waals surface area contributed by atoms with Crippen molar-refractivity contribution in [1.82, 2.24) is 4.98 Å². The highest BCUT2D eigenvalue weighted by Gasteiger charge is 2.24. The molecular formula is C16H16BrFN2O. The van der Waals surface area contributed by atoms with Crippen LogP contribution < -0.4 is 5.32 Å². The van der Waals surface area contributed by atoms with Gasteiger partial charge in [-0.1, -0.05) is 26.0 Å². The average molecular weight is 351 g/mol. The van der Waals surface area contributed by atoms with Crippen LogP contribution in [0.25, 0.3) is 0 Å². The van der Waals surface area contributed by atoms with E-state index in [-0.39, 0.29) is 23.6 Å². The third-order valence-corrected chi connectivity index (χ3v) is 3.64. The van der Waals surface area contributed by atoms with Gasteiger partial charge in [-0.25, -0.2) is 9.37 Å². The van der Waals surface area contributed by atoms with Crippen LogP contribution in [-0.2, 0) is 4.79 Å². The molecular weight excluding hydrogens is 335 g/mol. The number of amides is 1. The predicted molar refractivity (Wildman–Crippen MR) is 84.5 cm³/mol. The first-order chi connectivity index (χ1) is 9.97. The quantitative estimate of drug-likeness (QED) is 0.832. The monoisotopic (exact) mass is 350 g/mol. The summed E-state index contributed by atoms with van der Waals surface area (Å²) >= 11 is 3.25. The first kappa shape index (κ1) is 15.6. The van der Waals surface area contributed by atoms with Crippen LogP contribution in [-0.4, -0.2) is 10.9 Å². The number of carbonyl (C=O) groups excluding carboxylic acids is 1. The molecule has 0 aliphatic rings. The second-order valence-corrected chi connectivity index (χ2v) is 5.94. The van der Waals surface area contributed by atoms with E-state index in [1.807, 2.05) is 13.8 Å². The Morgan fingerprint density at radius 3 is 2.38 bits per heavy atom. The Balaban J connectivity index is 2.19. The Hall–Kier alpha value is -1.75. The molecule has 1 atom stereocenters. The summed E-state index contributed by atoms with van der Waals surface area (Å²) in [6.45, 7) is 3.93. The van der Waals surface area contributed by atoms with Crippen molar-refractivity contribution < 1.29 is 9.18 Å². The van der Waals surface area contributed by atoms with Gasteiger partial charge in [0.05, 0.1) is 17.8 Å². The van der Waals surface area contributed by atoms with Crippen LogP contribution in [0.5, 0.6) is 0 Å². The number of carbonyl (C=O) groups is 1. The van der Waals surface area contributed by atoms with Crippen LogP contribution >= 0.6 is 15.9 Å². The summed E-state index contributed by atoms with van der Waals surface area (Å²) in [5, 5.41) is 2.85. The minimum atomic E-state index is -0.339. The lowest BCUT2D eigenvalue weighted by molar-refractivity contribution is -0.118. The predicted octanol–water partition coefficient (Wildman–Crippen LogP) is 4.36. The molecule has 0 saturated heterocycles. The Morgan fingerprint density at radius 2 is 1.86 bits per heavy atom. The maximum atomic E-state index is 13.0. The highest BCUT2D eigenvalue weighted by Crippen LogP contribution is 2.26. The number of nitrogens with one attached hydrogen (secondary N) is 1. The third-order valence-electron chi connectivity index (χ3n) is 3.17. The molecule has 0 bridgehead atoms. The number of benzene rings is 1. The molecule has 0 aliphatic carbocycles. The zero-order valence-corrected chi connectivity index (χ0v) is 13.4. The van der Waals surface area contributed by atoms with Crippen molar-refractivity contribution in [2.45, 2.75) is 19.8 Å². The van der Waals surface area contributed by atoms with Crippen LogP contribution in [0.4, 0.5) is 10.1 Å². The summed E-state index contributed by atoms with van der Waals surface area (Å²) in [7, 11) is 0. The van der Waals surface area contributed by atoms with Gasteiger partial charge in [-0.3, -0.25) is 4.79 Å². The minimum absolute atomic E-state index is 0.0962. The SMILES string of the molecule is CC(C)C(C(=O)Nc1ccc(Br)nc1)c1ccc(F)cc1. The van der Waals surface area contributed by atoms with Gasteiger partial charge in [0, 0.05) is 0 Å². The Morgan fingerprint density at radius 1 is 1.19 bits per heavy atom. The van der Waals surface area contributed by atoms with E-state index in [1.54, 1.807) is 30.5 Å². The smallest absolute Gasteiger partial charge is 0.232 e. The first-order valence-corrected chi connectivity index (χ1v) is 7.44. The zero-order valence-electron chi connectivity index (χ0n) is 11.8. The summed E-state index contributed by atoms with van der Waals surface area (Å²) < 4.78 is 13.7. The largest absolute Gasteiger partial charge is 0.324 e. The topological polar surface area (TPSA) is 42.0 Å². The van der Waals surface area contributed by atoms with Gasteiger partial charge in [-0.2, -0.15) is 0 Å². The van der Waals surface area contributed by atoms with E-state index in [0.717, 1.165) is 5.56 Å². The molecule has 5 heteroatoms. The van der Waals surface area contributed by atoms with E-state index in [0.29, 0.717) is 10.3 Å². The molecule has 1 aromatic heterocycles. The Labute approximate surface area is 131 Å². The molecule has 1 unspecified atom stereocenters. The fourth-order valence-electron chi connectivity index (χ4n) is 2.18. The summed E-state index contributed by atoms with van der Waals surface area (Å²) in [6.07, 6.45) is 1.59. The number of halogens is 2. The minimum Gasteiger partial charge on any atom is -0.324 e. The molecule has 1 aromatic carbocycles. The van der Waals surface area contributed by atoms with Crippen molar-refractivity contribution in [2.24, 2.45) is 5.92 Å². The van der Waals surface area contributed by atoms with E-state index in [1.165, 1.54) is 12.1 Å². The van der Waals surface area contributed by atoms with Crippen LogP contribution in [0, 0.1) is 11.7 Å². The molecule has 2 aromatic rings. The van der Waals surface area contributed by atoms with E-state index < -0.39 is 0 Å². The Bertz CT molecular complexity index is 611. The standard InChI is InChI=1S/C16H16BrFN2O/c1-10(2)15(11-3-5-12(18)6-4-11)16(21)20-13-7-8-14(17)19-9-13/h3-10,15H,1-2H3,(H,20,21). The number of rotatable bonds is 4. The van der Waals surface area contributed by atoms with E-state index in [4.69, 9.17) is 0 Å². The van der Waals surface area contributed by atoms with Gasteiger partial charge < -0.3 is 5.32 Å². The molecule has 1 heterocycles. The van der Waals surface area contributed by atoms with Crippen molar-refractivity contribution in [3.8, 4) is 0 Å². The molecule has 21 heavy (non-hydrogen) atoms. The lowest BCUT2D eigenvalue weighted by atomic mass is 9.87. The number of nitrogens with zero attached hydrogens (tertiary/aromatic N) is 1. The highest BCUT2D eigenvalue weighted by atomic mass is 79.9. The molecule has 110 valence electrons. The van der Waals surface area contributed by atoms with Crippen molar-refractivity contribution in [2.75, 3.05) is 5.32 Å². The molecule has 0 radical (unpaired) electrons. The van der Waals surface area contributed by atoms with Gasteiger partial charge in [0.1, 0.15) is 10.4 Å². The van der Waals surface area contributed by atoms with Gasteiger partial charge in [-0.15, -0.1) is 0 Å². The number of hydrogen-bond acceptors (Lipinski definition) is 2. The molecule has 1 N–H and O–H groups in total. The molecule has 2 rings (SSSR count). The van der Waals surface area contributed by atoms with Gasteiger partial charge in [0.25, 0.3) is 0 Å². The summed E-state index contributed by atoms with van der Waals surface area (Å²) in [5.74, 6) is -0.673. The normalized spacial score (nSPS) is 12.2. The number of hydrogen-bond donors (Lipinski definition) is 1. The van der Waals surface area contributed by atoms with Gasteiger partial charge in [0.15, 0.2) is 0 Å². The molecule has 0 fully saturated rings. The zero-order chi connectivity index (χ0) is 15.4. The van der Waals surface area contributed by atoms with E-state index in [2.05, 4.69) is 26.2 Å². The van der Waals surface area contributed by atoms with E-state index >= 15 is 0 Å². The van der Waals surface area contributed by atoms with Gasteiger partial charge >= 0.3 is 0 Å². The Kier molecular flexibility index (Phi) is 5.07. The highest BCUT2D eigenvalue weighted by molar-refractivity contribution is 9.10. The summed E-state index contributed by atoms with van der Waals surface area (Å²) in [4.78, 5) is 16.6. The molecule has 0 aliphatic heterocycles. The molecule has 3 nitrogen and oxygen atoms in total. The van der Waals surface area contributed by atoms with Crippen LogP contribution in [0.2, 0.25) is 0 Å². The maximum Gasteiger partial charge on any atom is 0.232 e. The summed E-state index contributed by atoms with van der Waals surface area (Å²) in [6, 6.07) is 9.59. The summed E-state index contributed by atoms with van der Waals surface area (Å²) in [5.41, 5.74) is 1.44. The second kappa shape index (κ2) is 6.80. The van der Waals surface area contributed by atoms with Crippen LogP contribution in [0.15, 0.2) is 47.2 Å². The fraction of sp³-hybridized carbons (Fsp3) is 0.250. The number of pyridine rings is 1.